The van der Waals surface area contributed by atoms with Gasteiger partial charge >= 0.3 is 0 Å². The first-order valence-corrected chi connectivity index (χ1v) is 5.92. The number of thiazole rings is 1. The van der Waals surface area contributed by atoms with Crippen molar-refractivity contribution in [3.05, 3.63) is 15.6 Å². The van der Waals surface area contributed by atoms with Gasteiger partial charge in [-0.15, -0.1) is 11.3 Å². The zero-order valence-electron chi connectivity index (χ0n) is 10.1. The summed E-state index contributed by atoms with van der Waals surface area (Å²) in [5.41, 5.74) is 7.00. The first kappa shape index (κ1) is 12.6. The molecule has 0 aromatic carbocycles. The van der Waals surface area contributed by atoms with Crippen molar-refractivity contribution in [3.63, 3.8) is 0 Å². The third-order valence-electron chi connectivity index (χ3n) is 2.63. The second-order valence-electron chi connectivity index (χ2n) is 4.47. The van der Waals surface area contributed by atoms with Gasteiger partial charge in [0.2, 0.25) is 0 Å². The predicted octanol–water partition coefficient (Wildman–Crippen LogP) is 2.57. The summed E-state index contributed by atoms with van der Waals surface area (Å²) in [6.07, 6.45) is 0.788. The standard InChI is InChI=1S/C11H20N2OS/c1-7-8(2)15-10(13-7)9(12)6-11(3,4)14-5/h9H,6,12H2,1-5H3. The number of hydrogen-bond acceptors (Lipinski definition) is 4. The highest BCUT2D eigenvalue weighted by Crippen LogP contribution is 2.28. The Morgan fingerprint density at radius 1 is 1.47 bits per heavy atom. The fraction of sp³-hybridized carbons (Fsp3) is 0.727. The second-order valence-corrected chi connectivity index (χ2v) is 5.70. The van der Waals surface area contributed by atoms with Crippen LogP contribution in [0.15, 0.2) is 0 Å². The maximum Gasteiger partial charge on any atom is 0.110 e. The topological polar surface area (TPSA) is 48.1 Å². The number of methoxy groups -OCH3 is 1. The fourth-order valence-corrected chi connectivity index (χ4v) is 2.28. The Hall–Kier alpha value is -0.450. The van der Waals surface area contributed by atoms with E-state index < -0.39 is 0 Å². The van der Waals surface area contributed by atoms with E-state index >= 15 is 0 Å². The van der Waals surface area contributed by atoms with Gasteiger partial charge in [-0.2, -0.15) is 0 Å². The summed E-state index contributed by atoms with van der Waals surface area (Å²) in [4.78, 5) is 5.71. The molecule has 0 radical (unpaired) electrons. The van der Waals surface area contributed by atoms with Gasteiger partial charge in [0.15, 0.2) is 0 Å². The molecule has 4 heteroatoms. The lowest BCUT2D eigenvalue weighted by atomic mass is 10.00. The quantitative estimate of drug-likeness (QED) is 0.861. The molecule has 1 unspecified atom stereocenters. The van der Waals surface area contributed by atoms with E-state index in [1.807, 2.05) is 20.8 Å². The summed E-state index contributed by atoms with van der Waals surface area (Å²) < 4.78 is 5.36. The molecule has 1 rings (SSSR count). The number of ether oxygens (including phenoxy) is 1. The number of aryl methyl sites for hydroxylation is 2. The Morgan fingerprint density at radius 3 is 2.47 bits per heavy atom. The third kappa shape index (κ3) is 3.26. The zero-order valence-corrected chi connectivity index (χ0v) is 10.9. The van der Waals surface area contributed by atoms with Crippen molar-refractivity contribution in [2.45, 2.75) is 45.8 Å². The van der Waals surface area contributed by atoms with Crippen LogP contribution in [0.5, 0.6) is 0 Å². The number of nitrogens with two attached hydrogens (primary N) is 1. The minimum atomic E-state index is -0.188. The van der Waals surface area contributed by atoms with Crippen molar-refractivity contribution in [1.29, 1.82) is 0 Å². The van der Waals surface area contributed by atoms with E-state index in [4.69, 9.17) is 10.5 Å². The average Bonchev–Trinajstić information content (AvgIpc) is 2.47. The van der Waals surface area contributed by atoms with Crippen LogP contribution in [0.4, 0.5) is 0 Å². The molecular weight excluding hydrogens is 208 g/mol. The molecule has 0 spiro atoms. The van der Waals surface area contributed by atoms with E-state index in [1.54, 1.807) is 18.4 Å². The Bertz CT molecular complexity index is 314. The Labute approximate surface area is 95.7 Å². The fourth-order valence-electron chi connectivity index (χ4n) is 1.36. The van der Waals surface area contributed by atoms with Crippen LogP contribution < -0.4 is 5.73 Å². The van der Waals surface area contributed by atoms with Crippen LogP contribution in [0.2, 0.25) is 0 Å². The van der Waals surface area contributed by atoms with Crippen LogP contribution in [-0.4, -0.2) is 17.7 Å². The van der Waals surface area contributed by atoms with Crippen molar-refractivity contribution in [1.82, 2.24) is 4.98 Å². The lowest BCUT2D eigenvalue weighted by Gasteiger charge is -2.25. The Balaban J connectivity index is 2.73. The van der Waals surface area contributed by atoms with E-state index in [-0.39, 0.29) is 11.6 Å². The predicted molar refractivity (Wildman–Crippen MR) is 64.2 cm³/mol. The summed E-state index contributed by atoms with van der Waals surface area (Å²) in [6.45, 7) is 8.18. The van der Waals surface area contributed by atoms with Gasteiger partial charge in [0.1, 0.15) is 5.01 Å². The van der Waals surface area contributed by atoms with Gasteiger partial charge in [-0.25, -0.2) is 4.98 Å². The maximum atomic E-state index is 6.11. The van der Waals surface area contributed by atoms with E-state index in [0.29, 0.717) is 0 Å². The first-order chi connectivity index (χ1) is 6.85. The van der Waals surface area contributed by atoms with Gasteiger partial charge < -0.3 is 10.5 Å². The molecule has 0 amide bonds. The lowest BCUT2D eigenvalue weighted by molar-refractivity contribution is 0.00993. The van der Waals surface area contributed by atoms with Gasteiger partial charge in [0, 0.05) is 12.0 Å². The van der Waals surface area contributed by atoms with Crippen LogP contribution in [0.25, 0.3) is 0 Å². The molecule has 0 aliphatic rings. The van der Waals surface area contributed by atoms with Crippen molar-refractivity contribution in [3.8, 4) is 0 Å². The molecule has 1 atom stereocenters. The molecule has 86 valence electrons. The number of nitrogens with zero attached hydrogens (tertiary/aromatic N) is 1. The largest absolute Gasteiger partial charge is 0.379 e. The van der Waals surface area contributed by atoms with Gasteiger partial charge in [0.05, 0.1) is 17.3 Å². The van der Waals surface area contributed by atoms with E-state index in [1.165, 1.54) is 4.88 Å². The molecule has 15 heavy (non-hydrogen) atoms. The number of rotatable bonds is 4. The van der Waals surface area contributed by atoms with E-state index in [0.717, 1.165) is 17.1 Å². The van der Waals surface area contributed by atoms with Crippen LogP contribution in [0, 0.1) is 13.8 Å². The van der Waals surface area contributed by atoms with Crippen LogP contribution >= 0.6 is 11.3 Å². The Morgan fingerprint density at radius 2 is 2.07 bits per heavy atom. The summed E-state index contributed by atoms with van der Waals surface area (Å²) in [5, 5.41) is 1.01. The van der Waals surface area contributed by atoms with Crippen molar-refractivity contribution < 1.29 is 4.74 Å². The third-order valence-corrected chi connectivity index (χ3v) is 3.83. The summed E-state index contributed by atoms with van der Waals surface area (Å²) in [5.74, 6) is 0. The van der Waals surface area contributed by atoms with Crippen LogP contribution in [0.3, 0.4) is 0 Å². The van der Waals surface area contributed by atoms with Crippen molar-refractivity contribution in [2.24, 2.45) is 5.73 Å². The molecule has 2 N–H and O–H groups in total. The van der Waals surface area contributed by atoms with Crippen LogP contribution in [-0.2, 0) is 4.74 Å². The molecule has 1 aromatic heterocycles. The second kappa shape index (κ2) is 4.60. The highest BCUT2D eigenvalue weighted by Gasteiger charge is 2.23. The zero-order chi connectivity index (χ0) is 11.6. The molecule has 0 saturated heterocycles. The van der Waals surface area contributed by atoms with Gasteiger partial charge in [-0.05, 0) is 34.1 Å². The van der Waals surface area contributed by atoms with Crippen LogP contribution in [0.1, 0.15) is 41.9 Å². The number of aromatic nitrogens is 1. The van der Waals surface area contributed by atoms with Gasteiger partial charge in [-0.1, -0.05) is 0 Å². The average molecular weight is 228 g/mol. The lowest BCUT2D eigenvalue weighted by Crippen LogP contribution is -2.28. The highest BCUT2D eigenvalue weighted by molar-refractivity contribution is 7.11. The SMILES string of the molecule is COC(C)(C)CC(N)c1nc(C)c(C)s1. The molecule has 0 fully saturated rings. The highest BCUT2D eigenvalue weighted by atomic mass is 32.1. The summed E-state index contributed by atoms with van der Waals surface area (Å²) in [6, 6.07) is -0.0302. The first-order valence-electron chi connectivity index (χ1n) is 5.10. The molecular formula is C11H20N2OS. The molecule has 0 aliphatic carbocycles. The van der Waals surface area contributed by atoms with Gasteiger partial charge in [0.25, 0.3) is 0 Å². The van der Waals surface area contributed by atoms with E-state index in [9.17, 15) is 0 Å². The summed E-state index contributed by atoms with van der Waals surface area (Å²) in [7, 11) is 1.71. The summed E-state index contributed by atoms with van der Waals surface area (Å²) >= 11 is 1.68. The molecule has 0 bridgehead atoms. The van der Waals surface area contributed by atoms with E-state index in [2.05, 4.69) is 11.9 Å². The molecule has 1 heterocycles. The smallest absolute Gasteiger partial charge is 0.110 e. The number of hydrogen-bond donors (Lipinski definition) is 1. The van der Waals surface area contributed by atoms with Gasteiger partial charge in [-0.3, -0.25) is 0 Å². The molecule has 1 aromatic rings. The molecule has 3 nitrogen and oxygen atoms in total. The van der Waals surface area contributed by atoms with Crippen molar-refractivity contribution >= 4 is 11.3 Å². The maximum absolute atomic E-state index is 6.11. The monoisotopic (exact) mass is 228 g/mol. The Kier molecular flexibility index (Phi) is 3.87. The minimum Gasteiger partial charge on any atom is -0.379 e. The van der Waals surface area contributed by atoms with Crippen molar-refractivity contribution in [2.75, 3.05) is 7.11 Å². The minimum absolute atomic E-state index is 0.0302. The normalized spacial score (nSPS) is 14.3. The molecule has 0 saturated carbocycles. The molecule has 0 aliphatic heterocycles.